The van der Waals surface area contributed by atoms with Gasteiger partial charge in [-0.25, -0.2) is 0 Å². The molecule has 0 saturated carbocycles. The highest BCUT2D eigenvalue weighted by Gasteiger charge is 2.17. The molecular weight excluding hydrogens is 252 g/mol. The lowest BCUT2D eigenvalue weighted by molar-refractivity contribution is -0.123. The smallest absolute Gasteiger partial charge is 0.237 e. The molecule has 0 spiro atoms. The number of benzene rings is 1. The third-order valence-electron chi connectivity index (χ3n) is 2.70. The van der Waals surface area contributed by atoms with E-state index in [2.05, 4.69) is 5.32 Å². The quantitative estimate of drug-likeness (QED) is 0.830. The van der Waals surface area contributed by atoms with E-state index in [0.29, 0.717) is 18.1 Å². The molecule has 1 aromatic carbocycles. The van der Waals surface area contributed by atoms with Crippen molar-refractivity contribution in [1.82, 2.24) is 5.32 Å². The van der Waals surface area contributed by atoms with Crippen molar-refractivity contribution in [2.24, 2.45) is 5.73 Å². The molecule has 0 fully saturated rings. The number of hydrogen-bond acceptors (Lipinski definition) is 3. The monoisotopic (exact) mass is 270 g/mol. The van der Waals surface area contributed by atoms with Crippen LogP contribution in [0.15, 0.2) is 24.3 Å². The Bertz CT molecular complexity index is 398. The number of rotatable bonds is 6. The van der Waals surface area contributed by atoms with Gasteiger partial charge in [0.15, 0.2) is 0 Å². The Kier molecular flexibility index (Phi) is 6.12. The van der Waals surface area contributed by atoms with Gasteiger partial charge in [0, 0.05) is 18.7 Å². The van der Waals surface area contributed by atoms with E-state index in [1.54, 1.807) is 13.2 Å². The molecular formula is C13H19ClN2O2. The first-order valence-corrected chi connectivity index (χ1v) is 6.23. The molecule has 1 amide bonds. The molecule has 0 heterocycles. The topological polar surface area (TPSA) is 64.3 Å². The summed E-state index contributed by atoms with van der Waals surface area (Å²) in [4.78, 5) is 11.8. The Balaban J connectivity index is 2.57. The minimum Gasteiger partial charge on any atom is -0.385 e. The molecule has 0 radical (unpaired) electrons. The van der Waals surface area contributed by atoms with Crippen LogP contribution in [0.2, 0.25) is 5.02 Å². The summed E-state index contributed by atoms with van der Waals surface area (Å²) in [7, 11) is 1.58. The van der Waals surface area contributed by atoms with Crippen molar-refractivity contribution in [1.29, 1.82) is 0 Å². The summed E-state index contributed by atoms with van der Waals surface area (Å²) < 4.78 is 4.89. The summed E-state index contributed by atoms with van der Waals surface area (Å²) >= 11 is 6.06. The standard InChI is InChI=1S/C13H19ClN2O2/c1-9(10-5-3-4-6-11(10)14)16-13(17)12(15)7-8-18-2/h3-6,9,12H,7-8,15H2,1-2H3,(H,16,17)/t9-,12?/m0/s1. The van der Waals surface area contributed by atoms with Gasteiger partial charge in [-0.2, -0.15) is 0 Å². The van der Waals surface area contributed by atoms with Crippen molar-refractivity contribution >= 4 is 17.5 Å². The second kappa shape index (κ2) is 7.36. The fraction of sp³-hybridized carbons (Fsp3) is 0.462. The van der Waals surface area contributed by atoms with E-state index in [-0.39, 0.29) is 11.9 Å². The van der Waals surface area contributed by atoms with Crippen LogP contribution in [0.1, 0.15) is 24.9 Å². The first kappa shape index (κ1) is 15.0. The van der Waals surface area contributed by atoms with Crippen LogP contribution in [0, 0.1) is 0 Å². The van der Waals surface area contributed by atoms with Gasteiger partial charge in [-0.05, 0) is 25.0 Å². The molecule has 1 rings (SSSR count). The molecule has 18 heavy (non-hydrogen) atoms. The zero-order valence-electron chi connectivity index (χ0n) is 10.7. The molecule has 1 aromatic rings. The van der Waals surface area contributed by atoms with Crippen LogP contribution >= 0.6 is 11.6 Å². The number of nitrogens with one attached hydrogen (secondary N) is 1. The highest BCUT2D eigenvalue weighted by Crippen LogP contribution is 2.22. The Labute approximate surface area is 112 Å². The van der Waals surface area contributed by atoms with Crippen LogP contribution in [0.5, 0.6) is 0 Å². The molecule has 0 bridgehead atoms. The van der Waals surface area contributed by atoms with Gasteiger partial charge in [-0.3, -0.25) is 4.79 Å². The van der Waals surface area contributed by atoms with Gasteiger partial charge < -0.3 is 15.8 Å². The summed E-state index contributed by atoms with van der Waals surface area (Å²) in [5.74, 6) is -0.195. The fourth-order valence-electron chi connectivity index (χ4n) is 1.60. The van der Waals surface area contributed by atoms with Crippen LogP contribution in [0.25, 0.3) is 0 Å². The van der Waals surface area contributed by atoms with Crippen molar-refractivity contribution in [3.8, 4) is 0 Å². The molecule has 100 valence electrons. The first-order chi connectivity index (χ1) is 8.56. The van der Waals surface area contributed by atoms with Crippen LogP contribution in [0.3, 0.4) is 0 Å². The SMILES string of the molecule is COCCC(N)C(=O)N[C@@H](C)c1ccccc1Cl. The van der Waals surface area contributed by atoms with Gasteiger partial charge in [0.25, 0.3) is 0 Å². The molecule has 0 aromatic heterocycles. The lowest BCUT2D eigenvalue weighted by atomic mass is 10.1. The maximum Gasteiger partial charge on any atom is 0.237 e. The van der Waals surface area contributed by atoms with Gasteiger partial charge in [-0.15, -0.1) is 0 Å². The third-order valence-corrected chi connectivity index (χ3v) is 3.04. The van der Waals surface area contributed by atoms with Gasteiger partial charge in [0.05, 0.1) is 12.1 Å². The number of methoxy groups -OCH3 is 1. The minimum atomic E-state index is -0.560. The number of ether oxygens (including phenoxy) is 1. The largest absolute Gasteiger partial charge is 0.385 e. The lowest BCUT2D eigenvalue weighted by Crippen LogP contribution is -2.42. The molecule has 0 aliphatic rings. The number of hydrogen-bond donors (Lipinski definition) is 2. The highest BCUT2D eigenvalue weighted by molar-refractivity contribution is 6.31. The highest BCUT2D eigenvalue weighted by atomic mass is 35.5. The minimum absolute atomic E-state index is 0.167. The predicted octanol–water partition coefficient (Wildman–Crippen LogP) is 1.88. The number of amides is 1. The van der Waals surface area contributed by atoms with E-state index < -0.39 is 6.04 Å². The molecule has 3 N–H and O–H groups in total. The molecule has 1 unspecified atom stereocenters. The zero-order chi connectivity index (χ0) is 13.5. The average molecular weight is 271 g/mol. The summed E-state index contributed by atoms with van der Waals surface area (Å²) in [6.45, 7) is 2.34. The lowest BCUT2D eigenvalue weighted by Gasteiger charge is -2.18. The van der Waals surface area contributed by atoms with Crippen LogP contribution in [0.4, 0.5) is 0 Å². The third kappa shape index (κ3) is 4.29. The second-order valence-electron chi connectivity index (χ2n) is 4.14. The van der Waals surface area contributed by atoms with Crippen LogP contribution < -0.4 is 11.1 Å². The Morgan fingerprint density at radius 2 is 2.17 bits per heavy atom. The summed E-state index contributed by atoms with van der Waals surface area (Å²) in [5, 5.41) is 3.48. The second-order valence-corrected chi connectivity index (χ2v) is 4.55. The van der Waals surface area contributed by atoms with Crippen molar-refractivity contribution in [3.63, 3.8) is 0 Å². The normalized spacial score (nSPS) is 14.0. The van der Waals surface area contributed by atoms with E-state index in [0.717, 1.165) is 5.56 Å². The number of nitrogens with two attached hydrogens (primary N) is 1. The molecule has 5 heteroatoms. The fourth-order valence-corrected chi connectivity index (χ4v) is 1.90. The van der Waals surface area contributed by atoms with Gasteiger partial charge >= 0.3 is 0 Å². The Morgan fingerprint density at radius 3 is 2.78 bits per heavy atom. The summed E-state index contributed by atoms with van der Waals surface area (Å²) in [6.07, 6.45) is 0.498. The molecule has 0 aliphatic carbocycles. The molecule has 2 atom stereocenters. The summed E-state index contributed by atoms with van der Waals surface area (Å²) in [6, 6.07) is 6.69. The van der Waals surface area contributed by atoms with E-state index in [1.165, 1.54) is 0 Å². The summed E-state index contributed by atoms with van der Waals surface area (Å²) in [5.41, 5.74) is 6.62. The number of halogens is 1. The number of carbonyl (C=O) groups excluding carboxylic acids is 1. The Hall–Kier alpha value is -1.10. The Morgan fingerprint density at radius 1 is 1.50 bits per heavy atom. The molecule has 0 saturated heterocycles. The zero-order valence-corrected chi connectivity index (χ0v) is 11.4. The molecule has 0 aliphatic heterocycles. The van der Waals surface area contributed by atoms with Gasteiger partial charge in [0.1, 0.15) is 0 Å². The van der Waals surface area contributed by atoms with Crippen molar-refractivity contribution in [2.45, 2.75) is 25.4 Å². The predicted molar refractivity (Wildman–Crippen MR) is 72.5 cm³/mol. The van der Waals surface area contributed by atoms with Crippen molar-refractivity contribution in [2.75, 3.05) is 13.7 Å². The van der Waals surface area contributed by atoms with Crippen LogP contribution in [-0.2, 0) is 9.53 Å². The van der Waals surface area contributed by atoms with E-state index in [1.807, 2.05) is 25.1 Å². The van der Waals surface area contributed by atoms with E-state index in [4.69, 9.17) is 22.1 Å². The van der Waals surface area contributed by atoms with Gasteiger partial charge in [0.2, 0.25) is 5.91 Å². The maximum atomic E-state index is 11.8. The van der Waals surface area contributed by atoms with E-state index in [9.17, 15) is 4.79 Å². The van der Waals surface area contributed by atoms with Crippen molar-refractivity contribution in [3.05, 3.63) is 34.9 Å². The first-order valence-electron chi connectivity index (χ1n) is 5.85. The van der Waals surface area contributed by atoms with Gasteiger partial charge in [-0.1, -0.05) is 29.8 Å². The van der Waals surface area contributed by atoms with E-state index >= 15 is 0 Å². The number of carbonyl (C=O) groups is 1. The average Bonchev–Trinajstić information content (AvgIpc) is 2.36. The maximum absolute atomic E-state index is 11.8. The van der Waals surface area contributed by atoms with Crippen LogP contribution in [-0.4, -0.2) is 25.7 Å². The van der Waals surface area contributed by atoms with Crippen molar-refractivity contribution < 1.29 is 9.53 Å². The molecule has 4 nitrogen and oxygen atoms in total.